The lowest BCUT2D eigenvalue weighted by atomic mass is 10.0. The number of amides is 1. The van der Waals surface area contributed by atoms with Crippen LogP contribution in [-0.2, 0) is 0 Å². The van der Waals surface area contributed by atoms with E-state index in [0.717, 1.165) is 51.4 Å². The molecule has 0 aromatic carbocycles. The molecule has 0 spiro atoms. The zero-order chi connectivity index (χ0) is 16.4. The predicted octanol–water partition coefficient (Wildman–Crippen LogP) is 1.41. The third-order valence-electron chi connectivity index (χ3n) is 5.62. The molecule has 1 aromatic rings. The lowest BCUT2D eigenvalue weighted by molar-refractivity contribution is 0.0903. The number of carbonyl (C=O) groups is 1. The number of hydrogen-bond acceptors (Lipinski definition) is 4. The van der Waals surface area contributed by atoms with E-state index in [2.05, 4.69) is 20.6 Å². The van der Waals surface area contributed by atoms with E-state index >= 15 is 0 Å². The highest BCUT2D eigenvalue weighted by Gasteiger charge is 2.28. The van der Waals surface area contributed by atoms with Crippen molar-refractivity contribution in [1.82, 2.24) is 25.3 Å². The molecule has 4 rings (SSSR count). The Labute approximate surface area is 144 Å². The van der Waals surface area contributed by atoms with E-state index in [-0.39, 0.29) is 5.91 Å². The standard InChI is InChI=1S/C18H29N5O/c24-18(17-7-11-23(21-17)16-2-1-8-19-12-16)20-15-5-9-22(10-6-15)13-14-3-4-14/h7,11,14-16,19H,1-6,8-10,12-13H2,(H,20,24). The van der Waals surface area contributed by atoms with Crippen LogP contribution in [0, 0.1) is 5.92 Å². The fraction of sp³-hybridized carbons (Fsp3) is 0.778. The normalized spacial score (nSPS) is 26.4. The van der Waals surface area contributed by atoms with Gasteiger partial charge in [-0.2, -0.15) is 5.10 Å². The van der Waals surface area contributed by atoms with E-state index < -0.39 is 0 Å². The van der Waals surface area contributed by atoms with Gasteiger partial charge in [-0.05, 0) is 57.1 Å². The monoisotopic (exact) mass is 331 g/mol. The fourth-order valence-electron chi connectivity index (χ4n) is 3.91. The Kier molecular flexibility index (Phi) is 4.85. The summed E-state index contributed by atoms with van der Waals surface area (Å²) in [5.41, 5.74) is 0.556. The number of nitrogens with zero attached hydrogens (tertiary/aromatic N) is 3. The first-order valence-corrected chi connectivity index (χ1v) is 9.57. The van der Waals surface area contributed by atoms with Crippen LogP contribution in [0.1, 0.15) is 55.1 Å². The second-order valence-electron chi connectivity index (χ2n) is 7.67. The first-order chi connectivity index (χ1) is 11.8. The number of hydrogen-bond donors (Lipinski definition) is 2. The molecule has 0 radical (unpaired) electrons. The van der Waals surface area contributed by atoms with E-state index in [1.807, 2.05) is 16.9 Å². The van der Waals surface area contributed by atoms with Crippen LogP contribution in [-0.4, -0.2) is 59.4 Å². The fourth-order valence-corrected chi connectivity index (χ4v) is 3.91. The van der Waals surface area contributed by atoms with E-state index in [0.29, 0.717) is 17.8 Å². The van der Waals surface area contributed by atoms with Crippen LogP contribution in [0.15, 0.2) is 12.3 Å². The summed E-state index contributed by atoms with van der Waals surface area (Å²) in [6.45, 7) is 5.53. The molecule has 6 nitrogen and oxygen atoms in total. The van der Waals surface area contributed by atoms with Gasteiger partial charge in [-0.3, -0.25) is 9.48 Å². The molecule has 132 valence electrons. The Balaban J connectivity index is 1.26. The van der Waals surface area contributed by atoms with E-state index in [1.165, 1.54) is 25.8 Å². The molecule has 1 saturated carbocycles. The van der Waals surface area contributed by atoms with Crippen molar-refractivity contribution in [1.29, 1.82) is 0 Å². The molecule has 6 heteroatoms. The number of likely N-dealkylation sites (tertiary alicyclic amines) is 1. The molecular weight excluding hydrogens is 302 g/mol. The van der Waals surface area contributed by atoms with Crippen molar-refractivity contribution < 1.29 is 4.79 Å². The molecule has 1 aliphatic carbocycles. The van der Waals surface area contributed by atoms with Crippen LogP contribution >= 0.6 is 0 Å². The van der Waals surface area contributed by atoms with Gasteiger partial charge in [0.2, 0.25) is 0 Å². The maximum atomic E-state index is 12.5. The molecule has 2 aliphatic heterocycles. The summed E-state index contributed by atoms with van der Waals surface area (Å²) in [5.74, 6) is 0.938. The molecule has 2 saturated heterocycles. The molecule has 1 unspecified atom stereocenters. The van der Waals surface area contributed by atoms with E-state index in [9.17, 15) is 4.79 Å². The van der Waals surface area contributed by atoms with Gasteiger partial charge in [0.1, 0.15) is 5.69 Å². The Morgan fingerprint density at radius 2 is 2.08 bits per heavy atom. The largest absolute Gasteiger partial charge is 0.348 e. The minimum Gasteiger partial charge on any atom is -0.348 e. The number of aromatic nitrogens is 2. The average Bonchev–Trinajstić information content (AvgIpc) is 3.29. The van der Waals surface area contributed by atoms with Crippen molar-refractivity contribution >= 4 is 5.91 Å². The zero-order valence-corrected chi connectivity index (χ0v) is 14.4. The van der Waals surface area contributed by atoms with Crippen LogP contribution in [0.3, 0.4) is 0 Å². The van der Waals surface area contributed by atoms with Crippen LogP contribution < -0.4 is 10.6 Å². The molecule has 3 aliphatic rings. The topological polar surface area (TPSA) is 62.2 Å². The number of rotatable bonds is 5. The number of nitrogens with one attached hydrogen (secondary N) is 2. The van der Waals surface area contributed by atoms with Crippen molar-refractivity contribution in [3.05, 3.63) is 18.0 Å². The molecular formula is C18H29N5O. The molecule has 1 amide bonds. The highest BCUT2D eigenvalue weighted by molar-refractivity contribution is 5.92. The van der Waals surface area contributed by atoms with Crippen molar-refractivity contribution in [2.75, 3.05) is 32.7 Å². The lowest BCUT2D eigenvalue weighted by Gasteiger charge is -2.32. The van der Waals surface area contributed by atoms with Crippen LogP contribution in [0.5, 0.6) is 0 Å². The maximum absolute atomic E-state index is 12.5. The van der Waals surface area contributed by atoms with Gasteiger partial charge in [-0.15, -0.1) is 0 Å². The predicted molar refractivity (Wildman–Crippen MR) is 93.0 cm³/mol. The highest BCUT2D eigenvalue weighted by Crippen LogP contribution is 2.30. The molecule has 0 bridgehead atoms. The summed E-state index contributed by atoms with van der Waals surface area (Å²) in [6.07, 6.45) is 9.20. The third-order valence-corrected chi connectivity index (χ3v) is 5.62. The summed E-state index contributed by atoms with van der Waals surface area (Å²) >= 11 is 0. The minimum atomic E-state index is -0.0156. The minimum absolute atomic E-state index is 0.0156. The zero-order valence-electron chi connectivity index (χ0n) is 14.4. The number of piperidine rings is 2. The molecule has 2 N–H and O–H groups in total. The molecule has 1 aromatic heterocycles. The number of carbonyl (C=O) groups excluding carboxylic acids is 1. The first-order valence-electron chi connectivity index (χ1n) is 9.57. The Hall–Kier alpha value is -1.40. The van der Waals surface area contributed by atoms with E-state index in [1.54, 1.807) is 0 Å². The molecule has 1 atom stereocenters. The van der Waals surface area contributed by atoms with Crippen molar-refractivity contribution in [2.24, 2.45) is 5.92 Å². The molecule has 3 fully saturated rings. The van der Waals surface area contributed by atoms with Crippen molar-refractivity contribution in [2.45, 2.75) is 50.6 Å². The Bertz CT molecular complexity index is 554. The Morgan fingerprint density at radius 3 is 2.79 bits per heavy atom. The second kappa shape index (κ2) is 7.23. The van der Waals surface area contributed by atoms with Crippen LogP contribution in [0.4, 0.5) is 0 Å². The second-order valence-corrected chi connectivity index (χ2v) is 7.67. The van der Waals surface area contributed by atoms with Gasteiger partial charge in [0.05, 0.1) is 6.04 Å². The summed E-state index contributed by atoms with van der Waals surface area (Å²) < 4.78 is 1.96. The van der Waals surface area contributed by atoms with E-state index in [4.69, 9.17) is 0 Å². The summed E-state index contributed by atoms with van der Waals surface area (Å²) in [6, 6.07) is 2.53. The quantitative estimate of drug-likeness (QED) is 0.856. The smallest absolute Gasteiger partial charge is 0.271 e. The third kappa shape index (κ3) is 3.98. The van der Waals surface area contributed by atoms with Gasteiger partial charge in [-0.1, -0.05) is 0 Å². The highest BCUT2D eigenvalue weighted by atomic mass is 16.2. The maximum Gasteiger partial charge on any atom is 0.271 e. The van der Waals surface area contributed by atoms with Crippen LogP contribution in [0.2, 0.25) is 0 Å². The van der Waals surface area contributed by atoms with Crippen LogP contribution in [0.25, 0.3) is 0 Å². The van der Waals surface area contributed by atoms with Gasteiger partial charge in [0.15, 0.2) is 0 Å². The average molecular weight is 331 g/mol. The Morgan fingerprint density at radius 1 is 1.25 bits per heavy atom. The van der Waals surface area contributed by atoms with Gasteiger partial charge in [-0.25, -0.2) is 0 Å². The lowest BCUT2D eigenvalue weighted by Crippen LogP contribution is -2.45. The first kappa shape index (κ1) is 16.1. The van der Waals surface area contributed by atoms with Crippen molar-refractivity contribution in [3.63, 3.8) is 0 Å². The van der Waals surface area contributed by atoms with Gasteiger partial charge >= 0.3 is 0 Å². The summed E-state index contributed by atoms with van der Waals surface area (Å²) in [7, 11) is 0. The van der Waals surface area contributed by atoms with Gasteiger partial charge < -0.3 is 15.5 Å². The summed E-state index contributed by atoms with van der Waals surface area (Å²) in [4.78, 5) is 15.0. The molecule has 24 heavy (non-hydrogen) atoms. The van der Waals surface area contributed by atoms with Gasteiger partial charge in [0.25, 0.3) is 5.91 Å². The molecule has 3 heterocycles. The SMILES string of the molecule is O=C(NC1CCN(CC2CC2)CC1)c1ccn(C2CCCNC2)n1. The van der Waals surface area contributed by atoms with Crippen molar-refractivity contribution in [3.8, 4) is 0 Å². The van der Waals surface area contributed by atoms with Gasteiger partial charge in [0, 0.05) is 38.4 Å². The summed E-state index contributed by atoms with van der Waals surface area (Å²) in [5, 5.41) is 11.1.